The van der Waals surface area contributed by atoms with Crippen molar-refractivity contribution in [3.8, 4) is 5.75 Å². The molecule has 1 aromatic rings. The third kappa shape index (κ3) is 0.753. The van der Waals surface area contributed by atoms with E-state index in [9.17, 15) is 9.50 Å². The fraction of sp³-hybridized carbons (Fsp3) is 0. The molecule has 0 unspecified atom stereocenters. The zero-order chi connectivity index (χ0) is 5.98. The van der Waals surface area contributed by atoms with Crippen LogP contribution in [0.25, 0.3) is 0 Å². The lowest BCUT2D eigenvalue weighted by atomic mass is 10.5. The third-order valence-corrected chi connectivity index (χ3v) is 0.725. The van der Waals surface area contributed by atoms with Crippen molar-refractivity contribution in [3.05, 3.63) is 24.3 Å². The molecule has 1 heterocycles. The highest BCUT2D eigenvalue weighted by Crippen LogP contribution is 2.09. The maximum absolute atomic E-state index is 11.9. The fourth-order valence-electron chi connectivity index (χ4n) is 0.371. The van der Waals surface area contributed by atoms with Gasteiger partial charge in [-0.3, -0.25) is 5.11 Å². The van der Waals surface area contributed by atoms with Gasteiger partial charge in [-0.1, -0.05) is 0 Å². The number of nitrogens with zero attached hydrogens (tertiary/aromatic N) is 1. The molecule has 0 amide bonds. The van der Waals surface area contributed by atoms with Gasteiger partial charge in [0.05, 0.1) is 0 Å². The van der Waals surface area contributed by atoms with Gasteiger partial charge in [0.15, 0.2) is 0 Å². The largest absolute Gasteiger partial charge is 0.285 e. The summed E-state index contributed by atoms with van der Waals surface area (Å²) in [6, 6.07) is 2.52. The molecule has 0 aliphatic carbocycles. The monoisotopic (exact) mass is 112 g/mol. The van der Waals surface area contributed by atoms with Gasteiger partial charge in [-0.05, 0) is 12.1 Å². The first-order chi connectivity index (χ1) is 3.80. The Kier molecular flexibility index (Phi) is 1.12. The van der Waals surface area contributed by atoms with Crippen molar-refractivity contribution in [2.24, 2.45) is 0 Å². The summed E-state index contributed by atoms with van der Waals surface area (Å²) in [4.78, 5) is 3.10. The molecule has 0 bridgehead atoms. The second kappa shape index (κ2) is 1.78. The minimum absolute atomic E-state index is 0.660. The predicted molar refractivity (Wildman–Crippen MR) is 24.3 cm³/mol. The Morgan fingerprint density at radius 2 is 2.38 bits per heavy atom. The minimum atomic E-state index is -0.937. The number of hydrogen-bond acceptors (Lipinski definition) is 1. The van der Waals surface area contributed by atoms with E-state index in [0.29, 0.717) is 0 Å². The Morgan fingerprint density at radius 1 is 1.62 bits per heavy atom. The van der Waals surface area contributed by atoms with Crippen LogP contribution in [0.2, 0.25) is 0 Å². The summed E-state index contributed by atoms with van der Waals surface area (Å²) in [7, 11) is 0. The van der Waals surface area contributed by atoms with Gasteiger partial charge in [0.1, 0.15) is 0 Å². The molecule has 0 saturated heterocycles. The van der Waals surface area contributed by atoms with Crippen LogP contribution in [0.1, 0.15) is 0 Å². The van der Waals surface area contributed by atoms with Crippen LogP contribution in [-0.4, -0.2) is 4.98 Å². The third-order valence-electron chi connectivity index (χ3n) is 0.725. The van der Waals surface area contributed by atoms with Crippen LogP contribution in [-0.2, 0) is 5.11 Å². The van der Waals surface area contributed by atoms with Gasteiger partial charge in [0.2, 0.25) is 5.75 Å². The SMILES string of the molecule is [O]c1cccnc1F. The van der Waals surface area contributed by atoms with Crippen LogP contribution >= 0.6 is 0 Å². The molecule has 0 fully saturated rings. The Bertz CT molecular complexity index is 169. The number of halogens is 1. The molecule has 1 rings (SSSR count). The van der Waals surface area contributed by atoms with E-state index >= 15 is 0 Å². The Balaban J connectivity index is 3.13. The van der Waals surface area contributed by atoms with Crippen LogP contribution in [0.5, 0.6) is 5.75 Å². The molecule has 0 spiro atoms. The molecule has 0 aromatic carbocycles. The summed E-state index contributed by atoms with van der Waals surface area (Å²) in [6.07, 6.45) is 1.23. The molecule has 8 heavy (non-hydrogen) atoms. The summed E-state index contributed by atoms with van der Waals surface area (Å²) in [6.45, 7) is 0. The van der Waals surface area contributed by atoms with Crippen molar-refractivity contribution in [2.45, 2.75) is 0 Å². The Morgan fingerprint density at radius 3 is 2.75 bits per heavy atom. The predicted octanol–water partition coefficient (Wildman–Crippen LogP) is 1.36. The first-order valence-electron chi connectivity index (χ1n) is 2.08. The Labute approximate surface area is 45.6 Å². The molecule has 0 N–H and O–H groups in total. The van der Waals surface area contributed by atoms with Crippen LogP contribution in [0.4, 0.5) is 4.39 Å². The first kappa shape index (κ1) is 5.03. The normalized spacial score (nSPS) is 9.12. The zero-order valence-corrected chi connectivity index (χ0v) is 3.97. The maximum Gasteiger partial charge on any atom is 0.260 e. The second-order valence-corrected chi connectivity index (χ2v) is 1.29. The molecule has 0 saturated carbocycles. The van der Waals surface area contributed by atoms with E-state index in [1.807, 2.05) is 0 Å². The second-order valence-electron chi connectivity index (χ2n) is 1.29. The number of pyridine rings is 1. The van der Waals surface area contributed by atoms with Crippen molar-refractivity contribution in [3.63, 3.8) is 0 Å². The van der Waals surface area contributed by atoms with Gasteiger partial charge >= 0.3 is 0 Å². The smallest absolute Gasteiger partial charge is 0.260 e. The molecule has 1 aromatic heterocycles. The maximum atomic E-state index is 11.9. The van der Waals surface area contributed by atoms with Gasteiger partial charge < -0.3 is 0 Å². The molecule has 3 heteroatoms. The van der Waals surface area contributed by atoms with Gasteiger partial charge in [-0.15, -0.1) is 0 Å². The number of hydrogen-bond donors (Lipinski definition) is 0. The van der Waals surface area contributed by atoms with Crippen LogP contribution in [0, 0.1) is 5.95 Å². The summed E-state index contributed by atoms with van der Waals surface area (Å²) in [5.74, 6) is -1.60. The van der Waals surface area contributed by atoms with E-state index in [0.717, 1.165) is 6.07 Å². The van der Waals surface area contributed by atoms with E-state index in [-0.39, 0.29) is 0 Å². The van der Waals surface area contributed by atoms with Crippen molar-refractivity contribution in [1.82, 2.24) is 4.98 Å². The highest BCUT2D eigenvalue weighted by atomic mass is 19.1. The lowest BCUT2D eigenvalue weighted by Gasteiger charge is -1.83. The molecule has 41 valence electrons. The molecule has 0 aliphatic heterocycles. The molecule has 1 radical (unpaired) electrons. The topological polar surface area (TPSA) is 32.8 Å². The summed E-state index contributed by atoms with van der Waals surface area (Å²) < 4.78 is 11.9. The average molecular weight is 112 g/mol. The average Bonchev–Trinajstić information content (AvgIpc) is 1.77. The highest BCUT2D eigenvalue weighted by molar-refractivity contribution is 5.14. The summed E-state index contributed by atoms with van der Waals surface area (Å²) >= 11 is 0. The van der Waals surface area contributed by atoms with Gasteiger partial charge in [-0.2, -0.15) is 4.39 Å². The molecule has 2 nitrogen and oxygen atoms in total. The van der Waals surface area contributed by atoms with E-state index in [1.54, 1.807) is 0 Å². The molecular weight excluding hydrogens is 109 g/mol. The van der Waals surface area contributed by atoms with E-state index < -0.39 is 11.7 Å². The summed E-state index contributed by atoms with van der Waals surface area (Å²) in [5.41, 5.74) is 0. The standard InChI is InChI=1S/C5H3FNO/c6-5-4(8)2-1-3-7-5/h1-3H. The first-order valence-corrected chi connectivity index (χ1v) is 2.08. The van der Waals surface area contributed by atoms with Crippen LogP contribution < -0.4 is 0 Å². The van der Waals surface area contributed by atoms with Crippen molar-refractivity contribution in [2.75, 3.05) is 0 Å². The lowest BCUT2D eigenvalue weighted by molar-refractivity contribution is 0.323. The van der Waals surface area contributed by atoms with Gasteiger partial charge in [0, 0.05) is 6.20 Å². The van der Waals surface area contributed by atoms with Crippen molar-refractivity contribution < 1.29 is 9.50 Å². The lowest BCUT2D eigenvalue weighted by Crippen LogP contribution is -1.77. The molecule has 0 atom stereocenters. The van der Waals surface area contributed by atoms with E-state index in [2.05, 4.69) is 4.98 Å². The highest BCUT2D eigenvalue weighted by Gasteiger charge is 1.97. The fourth-order valence-corrected chi connectivity index (χ4v) is 0.371. The Hall–Kier alpha value is -1.12. The van der Waals surface area contributed by atoms with Gasteiger partial charge in [-0.25, -0.2) is 4.98 Å². The zero-order valence-electron chi connectivity index (χ0n) is 3.97. The quantitative estimate of drug-likeness (QED) is 0.466. The van der Waals surface area contributed by atoms with Gasteiger partial charge in [0.25, 0.3) is 5.95 Å². The minimum Gasteiger partial charge on any atom is -0.285 e. The molecular formula is C5H3FNO. The summed E-state index contributed by atoms with van der Waals surface area (Å²) in [5, 5.41) is 10.2. The van der Waals surface area contributed by atoms with Crippen molar-refractivity contribution >= 4 is 0 Å². The van der Waals surface area contributed by atoms with Crippen LogP contribution in [0.3, 0.4) is 0 Å². The number of aromatic nitrogens is 1. The van der Waals surface area contributed by atoms with Crippen molar-refractivity contribution in [1.29, 1.82) is 0 Å². The molecule has 0 aliphatic rings. The van der Waals surface area contributed by atoms with E-state index in [4.69, 9.17) is 0 Å². The van der Waals surface area contributed by atoms with E-state index in [1.165, 1.54) is 12.3 Å². The number of rotatable bonds is 0. The van der Waals surface area contributed by atoms with Crippen LogP contribution in [0.15, 0.2) is 18.3 Å².